The van der Waals surface area contributed by atoms with Crippen LogP contribution in [0.1, 0.15) is 23.0 Å². The zero-order valence-corrected chi connectivity index (χ0v) is 12.5. The molecule has 2 N–H and O–H groups in total. The maximum Gasteiger partial charge on any atom is 0.275 e. The van der Waals surface area contributed by atoms with Gasteiger partial charge in [-0.2, -0.15) is 0 Å². The molecule has 0 spiro atoms. The number of hydrogen-bond acceptors (Lipinski definition) is 3. The molecule has 0 atom stereocenters. The summed E-state index contributed by atoms with van der Waals surface area (Å²) in [5, 5.41) is 5.92. The van der Waals surface area contributed by atoms with Crippen molar-refractivity contribution in [2.75, 3.05) is 17.2 Å². The number of pyridine rings is 1. The van der Waals surface area contributed by atoms with Crippen LogP contribution in [0, 0.1) is 12.7 Å². The number of anilines is 2. The predicted octanol–water partition coefficient (Wildman–Crippen LogP) is 3.87. The second-order valence-corrected chi connectivity index (χ2v) is 4.88. The Morgan fingerprint density at radius 3 is 2.76 bits per heavy atom. The van der Waals surface area contributed by atoms with Gasteiger partial charge in [-0.1, -0.05) is 11.6 Å². The topological polar surface area (TPSA) is 54.0 Å². The summed E-state index contributed by atoms with van der Waals surface area (Å²) in [5.74, 6) is -0.189. The zero-order valence-electron chi connectivity index (χ0n) is 11.7. The molecule has 0 saturated carbocycles. The highest BCUT2D eigenvalue weighted by molar-refractivity contribution is 6.34. The van der Waals surface area contributed by atoms with E-state index < -0.39 is 5.91 Å². The van der Waals surface area contributed by atoms with Gasteiger partial charge in [0.2, 0.25) is 0 Å². The van der Waals surface area contributed by atoms with Crippen LogP contribution in [0.3, 0.4) is 0 Å². The van der Waals surface area contributed by atoms with E-state index in [1.807, 2.05) is 6.92 Å². The second-order valence-electron chi connectivity index (χ2n) is 4.48. The summed E-state index contributed by atoms with van der Waals surface area (Å²) in [4.78, 5) is 16.4. The highest BCUT2D eigenvalue weighted by Crippen LogP contribution is 2.19. The Balaban J connectivity index is 2.23. The van der Waals surface area contributed by atoms with Crippen LogP contribution in [0.4, 0.5) is 15.9 Å². The van der Waals surface area contributed by atoms with Crippen LogP contribution in [0.2, 0.25) is 5.02 Å². The molecule has 1 heterocycles. The van der Waals surface area contributed by atoms with Crippen molar-refractivity contribution in [2.24, 2.45) is 0 Å². The molecule has 0 aliphatic rings. The standard InChI is InChI=1S/C15H15ClFN3O/c1-3-18-13-7-5-11(16)14(20-13)15(21)19-10-4-6-12(17)9(2)8-10/h4-8H,3H2,1-2H3,(H,18,20)(H,19,21). The summed E-state index contributed by atoms with van der Waals surface area (Å²) in [6, 6.07) is 7.65. The molecule has 0 fully saturated rings. The molecule has 1 aromatic carbocycles. The van der Waals surface area contributed by atoms with Gasteiger partial charge >= 0.3 is 0 Å². The van der Waals surface area contributed by atoms with Crippen LogP contribution in [-0.2, 0) is 0 Å². The Morgan fingerprint density at radius 1 is 1.33 bits per heavy atom. The van der Waals surface area contributed by atoms with Crippen LogP contribution < -0.4 is 10.6 Å². The minimum atomic E-state index is -0.439. The number of amides is 1. The first kappa shape index (κ1) is 15.3. The van der Waals surface area contributed by atoms with Crippen LogP contribution in [0.15, 0.2) is 30.3 Å². The van der Waals surface area contributed by atoms with E-state index in [-0.39, 0.29) is 16.5 Å². The van der Waals surface area contributed by atoms with Crippen molar-refractivity contribution in [1.82, 2.24) is 4.98 Å². The smallest absolute Gasteiger partial charge is 0.275 e. The molecule has 110 valence electrons. The summed E-state index contributed by atoms with van der Waals surface area (Å²) in [6.45, 7) is 4.24. The molecular formula is C15H15ClFN3O. The number of nitrogens with zero attached hydrogens (tertiary/aromatic N) is 1. The lowest BCUT2D eigenvalue weighted by Crippen LogP contribution is -2.15. The van der Waals surface area contributed by atoms with E-state index in [0.717, 1.165) is 0 Å². The Labute approximate surface area is 127 Å². The van der Waals surface area contributed by atoms with Gasteiger partial charge in [-0.05, 0) is 49.7 Å². The van der Waals surface area contributed by atoms with E-state index >= 15 is 0 Å². The first-order valence-corrected chi connectivity index (χ1v) is 6.87. The first-order valence-electron chi connectivity index (χ1n) is 6.49. The largest absolute Gasteiger partial charge is 0.370 e. The lowest BCUT2D eigenvalue weighted by Gasteiger charge is -2.09. The Hall–Kier alpha value is -2.14. The molecule has 2 aromatic rings. The Morgan fingerprint density at radius 2 is 2.10 bits per heavy atom. The maximum atomic E-state index is 13.2. The SMILES string of the molecule is CCNc1ccc(Cl)c(C(=O)Nc2ccc(F)c(C)c2)n1. The lowest BCUT2D eigenvalue weighted by atomic mass is 10.2. The van der Waals surface area contributed by atoms with Gasteiger partial charge in [0.25, 0.3) is 5.91 Å². The van der Waals surface area contributed by atoms with Crippen molar-refractivity contribution in [3.63, 3.8) is 0 Å². The monoisotopic (exact) mass is 307 g/mol. The number of carbonyl (C=O) groups is 1. The molecule has 6 heteroatoms. The number of benzene rings is 1. The van der Waals surface area contributed by atoms with Crippen molar-refractivity contribution in [3.8, 4) is 0 Å². The molecule has 1 aromatic heterocycles. The number of nitrogens with one attached hydrogen (secondary N) is 2. The van der Waals surface area contributed by atoms with E-state index in [0.29, 0.717) is 23.6 Å². The fraction of sp³-hybridized carbons (Fsp3) is 0.200. The number of halogens is 2. The third kappa shape index (κ3) is 3.70. The highest BCUT2D eigenvalue weighted by Gasteiger charge is 2.14. The van der Waals surface area contributed by atoms with Crippen molar-refractivity contribution in [3.05, 3.63) is 52.4 Å². The van der Waals surface area contributed by atoms with Gasteiger partial charge in [-0.3, -0.25) is 4.79 Å². The highest BCUT2D eigenvalue weighted by atomic mass is 35.5. The summed E-state index contributed by atoms with van der Waals surface area (Å²) in [5.41, 5.74) is 1.07. The second kappa shape index (κ2) is 6.54. The normalized spacial score (nSPS) is 10.3. The van der Waals surface area contributed by atoms with Crippen molar-refractivity contribution < 1.29 is 9.18 Å². The van der Waals surface area contributed by atoms with E-state index in [1.54, 1.807) is 25.1 Å². The average molecular weight is 308 g/mol. The molecule has 0 saturated heterocycles. The van der Waals surface area contributed by atoms with Crippen LogP contribution in [0.5, 0.6) is 0 Å². The Kier molecular flexibility index (Phi) is 4.75. The van der Waals surface area contributed by atoms with Crippen molar-refractivity contribution in [1.29, 1.82) is 0 Å². The molecule has 0 aliphatic heterocycles. The van der Waals surface area contributed by atoms with E-state index in [2.05, 4.69) is 15.6 Å². The van der Waals surface area contributed by atoms with Gasteiger partial charge in [-0.15, -0.1) is 0 Å². The number of carbonyl (C=O) groups excluding carboxylic acids is 1. The molecule has 0 unspecified atom stereocenters. The van der Waals surface area contributed by atoms with Crippen molar-refractivity contribution >= 4 is 29.0 Å². The molecular weight excluding hydrogens is 293 g/mol. The quantitative estimate of drug-likeness (QED) is 0.901. The maximum absolute atomic E-state index is 13.2. The third-order valence-electron chi connectivity index (χ3n) is 2.83. The van der Waals surface area contributed by atoms with Crippen LogP contribution in [-0.4, -0.2) is 17.4 Å². The average Bonchev–Trinajstić information content (AvgIpc) is 2.45. The predicted molar refractivity (Wildman–Crippen MR) is 82.5 cm³/mol. The minimum Gasteiger partial charge on any atom is -0.370 e. The summed E-state index contributed by atoms with van der Waals surface area (Å²) in [7, 11) is 0. The van der Waals surface area contributed by atoms with E-state index in [4.69, 9.17) is 11.6 Å². The lowest BCUT2D eigenvalue weighted by molar-refractivity contribution is 0.102. The molecule has 2 rings (SSSR count). The van der Waals surface area contributed by atoms with Gasteiger partial charge < -0.3 is 10.6 Å². The number of aromatic nitrogens is 1. The molecule has 4 nitrogen and oxygen atoms in total. The fourth-order valence-corrected chi connectivity index (χ4v) is 1.98. The summed E-state index contributed by atoms with van der Waals surface area (Å²) in [6.07, 6.45) is 0. The van der Waals surface area contributed by atoms with E-state index in [1.165, 1.54) is 12.1 Å². The van der Waals surface area contributed by atoms with E-state index in [9.17, 15) is 9.18 Å². The van der Waals surface area contributed by atoms with Gasteiger partial charge in [0, 0.05) is 12.2 Å². The van der Waals surface area contributed by atoms with Gasteiger partial charge in [0.15, 0.2) is 0 Å². The molecule has 21 heavy (non-hydrogen) atoms. The van der Waals surface area contributed by atoms with Crippen LogP contribution >= 0.6 is 11.6 Å². The van der Waals surface area contributed by atoms with Crippen LogP contribution in [0.25, 0.3) is 0 Å². The number of aryl methyl sites for hydroxylation is 1. The van der Waals surface area contributed by atoms with Gasteiger partial charge in [0.1, 0.15) is 17.3 Å². The molecule has 0 aliphatic carbocycles. The number of hydrogen-bond donors (Lipinski definition) is 2. The molecule has 1 amide bonds. The summed E-state index contributed by atoms with van der Waals surface area (Å²) >= 11 is 6.00. The molecule has 0 bridgehead atoms. The summed E-state index contributed by atoms with van der Waals surface area (Å²) < 4.78 is 13.2. The first-order chi connectivity index (χ1) is 10.0. The molecule has 0 radical (unpaired) electrons. The zero-order chi connectivity index (χ0) is 15.4. The van der Waals surface area contributed by atoms with Crippen molar-refractivity contribution in [2.45, 2.75) is 13.8 Å². The number of rotatable bonds is 4. The third-order valence-corrected chi connectivity index (χ3v) is 3.14. The van der Waals surface area contributed by atoms with Gasteiger partial charge in [0.05, 0.1) is 5.02 Å². The van der Waals surface area contributed by atoms with Gasteiger partial charge in [-0.25, -0.2) is 9.37 Å². The Bertz CT molecular complexity index is 676. The fourth-order valence-electron chi connectivity index (χ4n) is 1.79. The minimum absolute atomic E-state index is 0.122.